The van der Waals surface area contributed by atoms with E-state index in [0.29, 0.717) is 23.7 Å². The maximum Gasteiger partial charge on any atom is 0.330 e. The molecule has 0 spiro atoms. The zero-order valence-corrected chi connectivity index (χ0v) is 22.7. The van der Waals surface area contributed by atoms with Gasteiger partial charge in [-0.1, -0.05) is 50.1 Å². The normalized spacial score (nSPS) is 32.5. The van der Waals surface area contributed by atoms with Gasteiger partial charge in [-0.3, -0.25) is 4.79 Å². The van der Waals surface area contributed by atoms with Gasteiger partial charge in [-0.25, -0.2) is 4.79 Å². The molecule has 34 heavy (non-hydrogen) atoms. The van der Waals surface area contributed by atoms with Crippen LogP contribution in [0.1, 0.15) is 113 Å². The molecule has 0 aromatic carbocycles. The number of allylic oxidation sites excluding steroid dienone is 5. The molecular weight excluding hydrogens is 424 g/mol. The molecule has 0 amide bonds. The van der Waals surface area contributed by atoms with E-state index in [0.717, 1.165) is 57.8 Å². The van der Waals surface area contributed by atoms with Gasteiger partial charge in [0.1, 0.15) is 5.78 Å². The van der Waals surface area contributed by atoms with E-state index < -0.39 is 11.6 Å². The van der Waals surface area contributed by atoms with Crippen LogP contribution in [-0.4, -0.2) is 27.6 Å². The minimum Gasteiger partial charge on any atom is -0.478 e. The Morgan fingerprint density at radius 3 is 2.09 bits per heavy atom. The van der Waals surface area contributed by atoms with Crippen molar-refractivity contribution < 1.29 is 19.8 Å². The standard InChI is InChI=1S/C30H48O4/c1-21(13-9-15-23(3)27(32)33)11-8-12-22(2)14-10-16-25-29(6)19-18-26(31)28(4,5)24(29)17-20-30(25,7)34/h11,14-15,24-25,34H,8-10,12-13,16-20H2,1-7H3,(H,32,33)/b21-11+,22-14+,23-15+. The largest absolute Gasteiger partial charge is 0.478 e. The fourth-order valence-corrected chi connectivity index (χ4v) is 6.82. The van der Waals surface area contributed by atoms with Gasteiger partial charge in [0.25, 0.3) is 0 Å². The van der Waals surface area contributed by atoms with E-state index in [1.807, 2.05) is 6.92 Å². The van der Waals surface area contributed by atoms with Crippen LogP contribution in [-0.2, 0) is 9.59 Å². The second-order valence-electron chi connectivity index (χ2n) is 12.1. The Balaban J connectivity index is 1.92. The third-order valence-corrected chi connectivity index (χ3v) is 9.07. The second kappa shape index (κ2) is 11.4. The topological polar surface area (TPSA) is 74.6 Å². The molecule has 2 aliphatic rings. The predicted octanol–water partition coefficient (Wildman–Crippen LogP) is 7.42. The van der Waals surface area contributed by atoms with Crippen molar-refractivity contribution in [3.63, 3.8) is 0 Å². The van der Waals surface area contributed by atoms with Crippen LogP contribution in [0, 0.1) is 22.7 Å². The van der Waals surface area contributed by atoms with Gasteiger partial charge in [0, 0.05) is 17.4 Å². The van der Waals surface area contributed by atoms with Crippen LogP contribution in [0.25, 0.3) is 0 Å². The van der Waals surface area contributed by atoms with Gasteiger partial charge in [0.05, 0.1) is 5.60 Å². The first-order valence-corrected chi connectivity index (χ1v) is 13.2. The van der Waals surface area contributed by atoms with E-state index in [4.69, 9.17) is 5.11 Å². The van der Waals surface area contributed by atoms with Crippen molar-refractivity contribution in [2.45, 2.75) is 118 Å². The number of aliphatic hydroxyl groups is 1. The average molecular weight is 473 g/mol. The maximum absolute atomic E-state index is 12.6. The Hall–Kier alpha value is -1.68. The Morgan fingerprint density at radius 1 is 0.941 bits per heavy atom. The predicted molar refractivity (Wildman–Crippen MR) is 140 cm³/mol. The highest BCUT2D eigenvalue weighted by atomic mass is 16.4. The summed E-state index contributed by atoms with van der Waals surface area (Å²) in [5, 5.41) is 20.2. The molecule has 4 unspecified atom stereocenters. The van der Waals surface area contributed by atoms with Crippen molar-refractivity contribution in [2.75, 3.05) is 0 Å². The molecule has 4 nitrogen and oxygen atoms in total. The number of carboxylic acid groups (broad SMARTS) is 1. The van der Waals surface area contributed by atoms with Gasteiger partial charge < -0.3 is 10.2 Å². The van der Waals surface area contributed by atoms with Gasteiger partial charge in [0.15, 0.2) is 0 Å². The summed E-state index contributed by atoms with van der Waals surface area (Å²) in [6.07, 6.45) is 15.2. The van der Waals surface area contributed by atoms with Crippen LogP contribution in [0.3, 0.4) is 0 Å². The van der Waals surface area contributed by atoms with Crippen LogP contribution < -0.4 is 0 Å². The highest BCUT2D eigenvalue weighted by Crippen LogP contribution is 2.62. The molecule has 4 atom stereocenters. The minimum absolute atomic E-state index is 0.00813. The number of hydrogen-bond donors (Lipinski definition) is 2. The van der Waals surface area contributed by atoms with Gasteiger partial charge in [0.2, 0.25) is 0 Å². The number of hydrogen-bond acceptors (Lipinski definition) is 3. The molecule has 2 aliphatic carbocycles. The molecule has 0 radical (unpaired) electrons. The zero-order chi connectivity index (χ0) is 25.7. The Kier molecular flexibility index (Phi) is 9.55. The third kappa shape index (κ3) is 6.71. The molecule has 0 aromatic rings. The van der Waals surface area contributed by atoms with E-state index in [1.54, 1.807) is 13.0 Å². The first kappa shape index (κ1) is 28.6. The summed E-state index contributed by atoms with van der Waals surface area (Å²) in [6.45, 7) is 14.5. The SMILES string of the molecule is C/C(=C\CC/C(C)=C/CCC1C(C)(O)CCC2C(C)(C)C(=O)CCC12C)CC/C=C(\C)C(=O)O. The third-order valence-electron chi connectivity index (χ3n) is 9.07. The Bertz CT molecular complexity index is 842. The summed E-state index contributed by atoms with van der Waals surface area (Å²) in [5.41, 5.74) is 2.13. The lowest BCUT2D eigenvalue weighted by atomic mass is 9.45. The molecule has 0 aromatic heterocycles. The molecule has 0 bridgehead atoms. The van der Waals surface area contributed by atoms with Crippen LogP contribution >= 0.6 is 0 Å². The van der Waals surface area contributed by atoms with E-state index in [1.165, 1.54) is 11.1 Å². The molecule has 2 N–H and O–H groups in total. The van der Waals surface area contributed by atoms with Crippen molar-refractivity contribution in [1.29, 1.82) is 0 Å². The lowest BCUT2D eigenvalue weighted by molar-refractivity contribution is -0.177. The molecule has 0 heterocycles. The summed E-state index contributed by atoms with van der Waals surface area (Å²) >= 11 is 0. The van der Waals surface area contributed by atoms with Crippen LogP contribution in [0.2, 0.25) is 0 Å². The van der Waals surface area contributed by atoms with Crippen molar-refractivity contribution in [2.24, 2.45) is 22.7 Å². The lowest BCUT2D eigenvalue weighted by Crippen LogP contribution is -2.59. The maximum atomic E-state index is 12.6. The van der Waals surface area contributed by atoms with Gasteiger partial charge in [-0.15, -0.1) is 0 Å². The van der Waals surface area contributed by atoms with Gasteiger partial charge >= 0.3 is 5.97 Å². The molecule has 4 heteroatoms. The number of fused-ring (bicyclic) bond motifs is 1. The quantitative estimate of drug-likeness (QED) is 0.256. The van der Waals surface area contributed by atoms with Crippen molar-refractivity contribution in [3.8, 4) is 0 Å². The number of Topliss-reactive ketones (excluding diaryl/α,β-unsaturated/α-hetero) is 1. The molecule has 2 saturated carbocycles. The molecule has 0 saturated heterocycles. The Morgan fingerprint density at radius 2 is 1.50 bits per heavy atom. The van der Waals surface area contributed by atoms with Crippen LogP contribution in [0.5, 0.6) is 0 Å². The average Bonchev–Trinajstić information content (AvgIpc) is 2.72. The van der Waals surface area contributed by atoms with Gasteiger partial charge in [-0.05, 0) is 103 Å². The molecule has 0 aliphatic heterocycles. The number of carboxylic acids is 1. The highest BCUT2D eigenvalue weighted by molar-refractivity contribution is 5.86. The van der Waals surface area contributed by atoms with E-state index in [-0.39, 0.29) is 16.7 Å². The van der Waals surface area contributed by atoms with E-state index in [2.05, 4.69) is 46.8 Å². The monoisotopic (exact) mass is 472 g/mol. The molecule has 2 rings (SSSR count). The Labute approximate surface area is 207 Å². The summed E-state index contributed by atoms with van der Waals surface area (Å²) in [5.74, 6) is 0.100. The summed E-state index contributed by atoms with van der Waals surface area (Å²) < 4.78 is 0. The number of aliphatic carboxylic acids is 1. The summed E-state index contributed by atoms with van der Waals surface area (Å²) in [4.78, 5) is 23.5. The first-order chi connectivity index (χ1) is 15.7. The second-order valence-corrected chi connectivity index (χ2v) is 12.1. The van der Waals surface area contributed by atoms with Gasteiger partial charge in [-0.2, -0.15) is 0 Å². The number of ketones is 1. The molecular formula is C30H48O4. The smallest absolute Gasteiger partial charge is 0.330 e. The van der Waals surface area contributed by atoms with E-state index in [9.17, 15) is 14.7 Å². The number of carbonyl (C=O) groups excluding carboxylic acids is 1. The summed E-state index contributed by atoms with van der Waals surface area (Å²) in [7, 11) is 0. The fourth-order valence-electron chi connectivity index (χ4n) is 6.82. The van der Waals surface area contributed by atoms with Crippen molar-refractivity contribution in [3.05, 3.63) is 34.9 Å². The highest BCUT2D eigenvalue weighted by Gasteiger charge is 2.59. The number of rotatable bonds is 10. The minimum atomic E-state index is -0.845. The van der Waals surface area contributed by atoms with Crippen LogP contribution in [0.15, 0.2) is 34.9 Å². The zero-order valence-electron chi connectivity index (χ0n) is 22.7. The van der Waals surface area contributed by atoms with E-state index >= 15 is 0 Å². The lowest BCUT2D eigenvalue weighted by Gasteiger charge is -2.60. The summed E-state index contributed by atoms with van der Waals surface area (Å²) in [6, 6.07) is 0. The van der Waals surface area contributed by atoms with Crippen molar-refractivity contribution >= 4 is 11.8 Å². The first-order valence-electron chi connectivity index (χ1n) is 13.2. The molecule has 2 fully saturated rings. The van der Waals surface area contributed by atoms with Crippen LogP contribution in [0.4, 0.5) is 0 Å². The fraction of sp³-hybridized carbons (Fsp3) is 0.733. The molecule has 192 valence electrons. The number of carbonyl (C=O) groups is 2. The van der Waals surface area contributed by atoms with Crippen molar-refractivity contribution in [1.82, 2.24) is 0 Å².